The lowest BCUT2D eigenvalue weighted by atomic mass is 9.71. The number of ether oxygens (including phenoxy) is 5. The third-order valence-corrected chi connectivity index (χ3v) is 7.28. The van der Waals surface area contributed by atoms with E-state index in [1.807, 2.05) is 31.2 Å². The van der Waals surface area contributed by atoms with Crippen LogP contribution in [0.4, 0.5) is 0 Å². The highest BCUT2D eigenvalue weighted by Gasteiger charge is 2.42. The number of Topliss-reactive ketones (excluding diaryl/α,β-unsaturated/α-hetero) is 1. The zero-order valence-corrected chi connectivity index (χ0v) is 22.9. The van der Waals surface area contributed by atoms with Gasteiger partial charge in [-0.3, -0.25) is 4.79 Å². The van der Waals surface area contributed by atoms with Crippen molar-refractivity contribution >= 4 is 23.4 Å². The largest absolute Gasteiger partial charge is 0.493 e. The molecular formula is C29H32ClNO7. The average molecular weight is 542 g/mol. The first-order chi connectivity index (χ1) is 18.3. The molecule has 0 saturated heterocycles. The Kier molecular flexibility index (Phi) is 8.64. The van der Waals surface area contributed by atoms with Gasteiger partial charge in [0.15, 0.2) is 17.3 Å². The van der Waals surface area contributed by atoms with E-state index in [9.17, 15) is 9.59 Å². The maximum absolute atomic E-state index is 13.9. The van der Waals surface area contributed by atoms with Gasteiger partial charge in [0.25, 0.3) is 0 Å². The number of ketones is 1. The number of rotatable bonds is 9. The number of hydrogen-bond donors (Lipinski definition) is 1. The number of carbonyl (C=O) groups excluding carboxylic acids is 2. The van der Waals surface area contributed by atoms with Gasteiger partial charge < -0.3 is 29.0 Å². The summed E-state index contributed by atoms with van der Waals surface area (Å²) in [5.41, 5.74) is 3.81. The van der Waals surface area contributed by atoms with Crippen molar-refractivity contribution in [2.75, 3.05) is 41.7 Å². The van der Waals surface area contributed by atoms with E-state index in [-0.39, 0.29) is 31.3 Å². The second-order valence-corrected chi connectivity index (χ2v) is 9.53. The fourth-order valence-corrected chi connectivity index (χ4v) is 5.52. The molecule has 4 rings (SSSR count). The lowest BCUT2D eigenvalue weighted by Crippen LogP contribution is -2.36. The molecule has 0 saturated carbocycles. The number of allylic oxidation sites excluding steroid dienone is 3. The minimum atomic E-state index is -0.699. The topological polar surface area (TPSA) is 92.3 Å². The van der Waals surface area contributed by atoms with Crippen molar-refractivity contribution in [3.63, 3.8) is 0 Å². The van der Waals surface area contributed by atoms with Gasteiger partial charge in [-0.25, -0.2) is 4.79 Å². The molecular weight excluding hydrogens is 510 g/mol. The molecule has 2 aliphatic rings. The van der Waals surface area contributed by atoms with Gasteiger partial charge in [-0.1, -0.05) is 29.8 Å². The van der Waals surface area contributed by atoms with Gasteiger partial charge in [0.2, 0.25) is 5.75 Å². The van der Waals surface area contributed by atoms with Crippen LogP contribution in [0.25, 0.3) is 0 Å². The lowest BCUT2D eigenvalue weighted by molar-refractivity contribution is -0.140. The van der Waals surface area contributed by atoms with Crippen molar-refractivity contribution in [1.29, 1.82) is 0 Å². The number of esters is 1. The summed E-state index contributed by atoms with van der Waals surface area (Å²) in [7, 11) is 6.10. The SMILES string of the molecule is COCCOC(=O)C1=C(C)NC2=C(C(=O)CC(c3ccccc3Cl)C2)C1c1cc(OC)c(OC)c(OC)c1. The molecule has 38 heavy (non-hydrogen) atoms. The van der Waals surface area contributed by atoms with E-state index in [1.54, 1.807) is 12.1 Å². The number of carbonyl (C=O) groups is 2. The first-order valence-corrected chi connectivity index (χ1v) is 12.7. The molecule has 2 aromatic carbocycles. The zero-order valence-electron chi connectivity index (χ0n) is 22.2. The Morgan fingerprint density at radius 3 is 2.29 bits per heavy atom. The predicted molar refractivity (Wildman–Crippen MR) is 143 cm³/mol. The number of hydrogen-bond acceptors (Lipinski definition) is 8. The molecule has 1 N–H and O–H groups in total. The van der Waals surface area contributed by atoms with Crippen LogP contribution < -0.4 is 19.5 Å². The average Bonchev–Trinajstić information content (AvgIpc) is 2.91. The smallest absolute Gasteiger partial charge is 0.336 e. The minimum Gasteiger partial charge on any atom is -0.493 e. The summed E-state index contributed by atoms with van der Waals surface area (Å²) in [4.78, 5) is 27.2. The van der Waals surface area contributed by atoms with Gasteiger partial charge >= 0.3 is 5.97 Å². The van der Waals surface area contributed by atoms with Crippen molar-refractivity contribution in [3.8, 4) is 17.2 Å². The standard InChI is InChI=1S/C29H32ClNO7/c1-16-25(29(33)38-11-10-34-2)26(18-14-23(35-3)28(37-5)24(15-18)36-4)27-21(31-16)12-17(13-22(27)32)19-8-6-7-9-20(19)30/h6-9,14-15,17,26,31H,10-13H2,1-5H3. The molecule has 202 valence electrons. The highest BCUT2D eigenvalue weighted by molar-refractivity contribution is 6.31. The van der Waals surface area contributed by atoms with Gasteiger partial charge in [-0.2, -0.15) is 0 Å². The van der Waals surface area contributed by atoms with Crippen molar-refractivity contribution in [2.24, 2.45) is 0 Å². The molecule has 2 aromatic rings. The number of methoxy groups -OCH3 is 4. The Labute approximate surface area is 227 Å². The van der Waals surface area contributed by atoms with Gasteiger partial charge in [0, 0.05) is 41.4 Å². The quantitative estimate of drug-likeness (QED) is 0.353. The van der Waals surface area contributed by atoms with E-state index in [0.717, 1.165) is 11.3 Å². The highest BCUT2D eigenvalue weighted by Crippen LogP contribution is 2.49. The molecule has 0 aromatic heterocycles. The minimum absolute atomic E-state index is 0.0721. The van der Waals surface area contributed by atoms with Crippen LogP contribution in [-0.4, -0.2) is 53.4 Å². The molecule has 1 aliphatic carbocycles. The van der Waals surface area contributed by atoms with E-state index in [0.29, 0.717) is 51.1 Å². The van der Waals surface area contributed by atoms with Crippen LogP contribution in [0.3, 0.4) is 0 Å². The van der Waals surface area contributed by atoms with Crippen LogP contribution in [0.2, 0.25) is 5.02 Å². The van der Waals surface area contributed by atoms with Crippen LogP contribution in [0.1, 0.15) is 42.7 Å². The monoisotopic (exact) mass is 541 g/mol. The second-order valence-electron chi connectivity index (χ2n) is 9.13. The fraction of sp³-hybridized carbons (Fsp3) is 0.379. The number of halogens is 1. The van der Waals surface area contributed by atoms with E-state index in [4.69, 9.17) is 35.3 Å². The molecule has 0 spiro atoms. The number of nitrogens with one attached hydrogen (secondary N) is 1. The third kappa shape index (κ3) is 5.24. The summed E-state index contributed by atoms with van der Waals surface area (Å²) >= 11 is 6.49. The zero-order chi connectivity index (χ0) is 27.4. The van der Waals surface area contributed by atoms with Gasteiger partial charge in [0.1, 0.15) is 6.61 Å². The Balaban J connectivity index is 1.86. The van der Waals surface area contributed by atoms with E-state index >= 15 is 0 Å². The Morgan fingerprint density at radius 1 is 1.00 bits per heavy atom. The summed E-state index contributed by atoms with van der Waals surface area (Å²) in [6.07, 6.45) is 0.825. The van der Waals surface area contributed by atoms with Crippen molar-refractivity contribution in [3.05, 3.63) is 75.1 Å². The van der Waals surface area contributed by atoms with Crippen LogP contribution in [0.5, 0.6) is 17.2 Å². The number of dihydropyridines is 1. The molecule has 9 heteroatoms. The van der Waals surface area contributed by atoms with Gasteiger partial charge in [-0.05, 0) is 48.6 Å². The normalized spacial score (nSPS) is 19.1. The van der Waals surface area contributed by atoms with Crippen molar-refractivity contribution < 1.29 is 33.3 Å². The molecule has 0 fully saturated rings. The maximum atomic E-state index is 13.9. The maximum Gasteiger partial charge on any atom is 0.336 e. The molecule has 0 amide bonds. The van der Waals surface area contributed by atoms with Crippen LogP contribution in [0.15, 0.2) is 58.9 Å². The lowest BCUT2D eigenvalue weighted by Gasteiger charge is -2.37. The molecule has 0 radical (unpaired) electrons. The number of benzene rings is 2. The summed E-state index contributed by atoms with van der Waals surface area (Å²) in [5.74, 6) is -0.134. The summed E-state index contributed by atoms with van der Waals surface area (Å²) < 4.78 is 27.2. The van der Waals surface area contributed by atoms with Crippen LogP contribution in [0, 0.1) is 0 Å². The molecule has 2 atom stereocenters. The van der Waals surface area contributed by atoms with Gasteiger partial charge in [-0.15, -0.1) is 0 Å². The first-order valence-electron chi connectivity index (χ1n) is 12.3. The van der Waals surface area contributed by atoms with Crippen molar-refractivity contribution in [1.82, 2.24) is 5.32 Å². The summed E-state index contributed by atoms with van der Waals surface area (Å²) in [5, 5.41) is 3.97. The molecule has 8 nitrogen and oxygen atoms in total. The molecule has 1 heterocycles. The third-order valence-electron chi connectivity index (χ3n) is 6.93. The van der Waals surface area contributed by atoms with E-state index < -0.39 is 11.9 Å². The Morgan fingerprint density at radius 2 is 1.68 bits per heavy atom. The fourth-order valence-electron chi connectivity index (χ4n) is 5.23. The summed E-state index contributed by atoms with van der Waals surface area (Å²) in [6.45, 7) is 2.15. The van der Waals surface area contributed by atoms with Crippen LogP contribution >= 0.6 is 11.6 Å². The molecule has 2 unspecified atom stereocenters. The van der Waals surface area contributed by atoms with Crippen LogP contribution in [-0.2, 0) is 19.1 Å². The van der Waals surface area contributed by atoms with Crippen molar-refractivity contribution in [2.45, 2.75) is 31.6 Å². The molecule has 0 bridgehead atoms. The Hall–Kier alpha value is -3.49. The highest BCUT2D eigenvalue weighted by atomic mass is 35.5. The van der Waals surface area contributed by atoms with E-state index in [2.05, 4.69) is 5.32 Å². The summed E-state index contributed by atoms with van der Waals surface area (Å²) in [6, 6.07) is 11.1. The molecule has 1 aliphatic heterocycles. The first kappa shape index (κ1) is 27.5. The van der Waals surface area contributed by atoms with Gasteiger partial charge in [0.05, 0.1) is 33.5 Å². The van der Waals surface area contributed by atoms with E-state index in [1.165, 1.54) is 28.4 Å². The second kappa shape index (κ2) is 11.9. The Bertz CT molecular complexity index is 1270. The predicted octanol–water partition coefficient (Wildman–Crippen LogP) is 4.92.